The number of pyridine rings is 1. The van der Waals surface area contributed by atoms with Gasteiger partial charge in [-0.15, -0.1) is 0 Å². The minimum atomic E-state index is -0.938. The SMILES string of the molecule is Cc1ccncc1-c1ccc(N)cc1C(C)(C)O. The van der Waals surface area contributed by atoms with E-state index < -0.39 is 5.60 Å². The van der Waals surface area contributed by atoms with E-state index in [1.165, 1.54) is 0 Å². The van der Waals surface area contributed by atoms with Crippen LogP contribution in [0.2, 0.25) is 0 Å². The first kappa shape index (κ1) is 12.6. The molecule has 2 rings (SSSR count). The number of benzene rings is 1. The van der Waals surface area contributed by atoms with Crippen molar-refractivity contribution in [3.05, 3.63) is 47.8 Å². The van der Waals surface area contributed by atoms with Crippen molar-refractivity contribution in [2.45, 2.75) is 26.4 Å². The topological polar surface area (TPSA) is 59.1 Å². The van der Waals surface area contributed by atoms with Gasteiger partial charge in [0.1, 0.15) is 0 Å². The van der Waals surface area contributed by atoms with Crippen molar-refractivity contribution in [3.63, 3.8) is 0 Å². The van der Waals surface area contributed by atoms with E-state index in [9.17, 15) is 5.11 Å². The fourth-order valence-electron chi connectivity index (χ4n) is 2.05. The Hall–Kier alpha value is -1.87. The van der Waals surface area contributed by atoms with Crippen LogP contribution in [0.15, 0.2) is 36.7 Å². The molecule has 0 saturated carbocycles. The van der Waals surface area contributed by atoms with Crippen molar-refractivity contribution in [2.24, 2.45) is 0 Å². The number of nitrogens with zero attached hydrogens (tertiary/aromatic N) is 1. The van der Waals surface area contributed by atoms with Crippen LogP contribution in [0.5, 0.6) is 0 Å². The molecule has 0 amide bonds. The molecule has 1 aromatic carbocycles. The Morgan fingerprint density at radius 3 is 2.50 bits per heavy atom. The summed E-state index contributed by atoms with van der Waals surface area (Å²) in [7, 11) is 0. The highest BCUT2D eigenvalue weighted by Crippen LogP contribution is 2.34. The van der Waals surface area contributed by atoms with E-state index in [1.54, 1.807) is 20.0 Å². The van der Waals surface area contributed by atoms with Crippen molar-refractivity contribution in [1.82, 2.24) is 4.98 Å². The average molecular weight is 242 g/mol. The van der Waals surface area contributed by atoms with E-state index in [2.05, 4.69) is 4.98 Å². The number of nitrogen functional groups attached to an aromatic ring is 1. The Labute approximate surface area is 107 Å². The minimum Gasteiger partial charge on any atom is -0.399 e. The summed E-state index contributed by atoms with van der Waals surface area (Å²) in [5, 5.41) is 10.3. The summed E-state index contributed by atoms with van der Waals surface area (Å²) in [5.41, 5.74) is 9.47. The van der Waals surface area contributed by atoms with Crippen molar-refractivity contribution in [1.29, 1.82) is 0 Å². The molecular formula is C15H18N2O. The molecule has 3 N–H and O–H groups in total. The number of aryl methyl sites for hydroxylation is 1. The van der Waals surface area contributed by atoms with Gasteiger partial charge in [0.05, 0.1) is 5.60 Å². The number of hydrogen-bond acceptors (Lipinski definition) is 3. The van der Waals surface area contributed by atoms with Crippen molar-refractivity contribution >= 4 is 5.69 Å². The second-order valence-corrected chi connectivity index (χ2v) is 5.05. The third-order valence-corrected chi connectivity index (χ3v) is 3.03. The Balaban J connectivity index is 2.69. The number of aromatic nitrogens is 1. The molecule has 1 heterocycles. The largest absolute Gasteiger partial charge is 0.399 e. The van der Waals surface area contributed by atoms with Gasteiger partial charge in [0.15, 0.2) is 0 Å². The second kappa shape index (κ2) is 4.42. The van der Waals surface area contributed by atoms with Crippen LogP contribution in [0.3, 0.4) is 0 Å². The van der Waals surface area contributed by atoms with Crippen LogP contribution in [-0.2, 0) is 5.60 Å². The predicted molar refractivity (Wildman–Crippen MR) is 74.1 cm³/mol. The second-order valence-electron chi connectivity index (χ2n) is 5.05. The molecule has 0 saturated heterocycles. The van der Waals surface area contributed by atoms with E-state index in [-0.39, 0.29) is 0 Å². The summed E-state index contributed by atoms with van der Waals surface area (Å²) in [5.74, 6) is 0. The summed E-state index contributed by atoms with van der Waals surface area (Å²) in [6.45, 7) is 5.55. The van der Waals surface area contributed by atoms with Gasteiger partial charge in [-0.1, -0.05) is 6.07 Å². The molecule has 3 nitrogen and oxygen atoms in total. The fraction of sp³-hybridized carbons (Fsp3) is 0.267. The Morgan fingerprint density at radius 1 is 1.17 bits per heavy atom. The standard InChI is InChI=1S/C15H18N2O/c1-10-6-7-17-9-13(10)12-5-4-11(16)8-14(12)15(2,3)18/h4-9,18H,16H2,1-3H3. The van der Waals surface area contributed by atoms with Crippen LogP contribution in [-0.4, -0.2) is 10.1 Å². The van der Waals surface area contributed by atoms with Crippen LogP contribution in [0.25, 0.3) is 11.1 Å². The van der Waals surface area contributed by atoms with Gasteiger partial charge in [-0.25, -0.2) is 0 Å². The lowest BCUT2D eigenvalue weighted by atomic mass is 9.88. The zero-order chi connectivity index (χ0) is 13.3. The molecule has 0 aliphatic carbocycles. The molecule has 3 heteroatoms. The van der Waals surface area contributed by atoms with E-state index in [4.69, 9.17) is 5.73 Å². The maximum absolute atomic E-state index is 10.3. The van der Waals surface area contributed by atoms with E-state index >= 15 is 0 Å². The molecule has 0 aliphatic heterocycles. The van der Waals surface area contributed by atoms with Crippen molar-refractivity contribution in [3.8, 4) is 11.1 Å². The molecule has 0 fully saturated rings. The molecule has 0 aliphatic rings. The molecule has 94 valence electrons. The lowest BCUT2D eigenvalue weighted by Crippen LogP contribution is -2.17. The van der Waals surface area contributed by atoms with Gasteiger partial charge in [0, 0.05) is 23.6 Å². The highest BCUT2D eigenvalue weighted by atomic mass is 16.3. The molecule has 0 atom stereocenters. The van der Waals surface area contributed by atoms with Crippen molar-refractivity contribution < 1.29 is 5.11 Å². The number of rotatable bonds is 2. The molecule has 0 unspecified atom stereocenters. The molecular weight excluding hydrogens is 224 g/mol. The summed E-state index contributed by atoms with van der Waals surface area (Å²) >= 11 is 0. The summed E-state index contributed by atoms with van der Waals surface area (Å²) in [6, 6.07) is 7.56. The summed E-state index contributed by atoms with van der Waals surface area (Å²) < 4.78 is 0. The predicted octanol–water partition coefficient (Wildman–Crippen LogP) is 2.87. The van der Waals surface area contributed by atoms with E-state index in [1.807, 2.05) is 37.4 Å². The summed E-state index contributed by atoms with van der Waals surface area (Å²) in [6.07, 6.45) is 3.58. The average Bonchev–Trinajstić information content (AvgIpc) is 2.29. The van der Waals surface area contributed by atoms with Gasteiger partial charge in [-0.3, -0.25) is 4.98 Å². The van der Waals surface area contributed by atoms with Crippen LogP contribution >= 0.6 is 0 Å². The minimum absolute atomic E-state index is 0.650. The number of hydrogen-bond donors (Lipinski definition) is 2. The molecule has 0 spiro atoms. The first-order valence-electron chi connectivity index (χ1n) is 5.93. The third kappa shape index (κ3) is 2.36. The first-order valence-corrected chi connectivity index (χ1v) is 5.93. The normalized spacial score (nSPS) is 11.6. The van der Waals surface area contributed by atoms with Gasteiger partial charge in [0.25, 0.3) is 0 Å². The van der Waals surface area contributed by atoms with Gasteiger partial charge in [0.2, 0.25) is 0 Å². The number of nitrogens with two attached hydrogens (primary N) is 1. The highest BCUT2D eigenvalue weighted by Gasteiger charge is 2.21. The van der Waals surface area contributed by atoms with E-state index in [0.717, 1.165) is 22.3 Å². The monoisotopic (exact) mass is 242 g/mol. The Morgan fingerprint density at radius 2 is 1.89 bits per heavy atom. The van der Waals surface area contributed by atoms with Gasteiger partial charge in [-0.2, -0.15) is 0 Å². The third-order valence-electron chi connectivity index (χ3n) is 3.03. The van der Waals surface area contributed by atoms with Gasteiger partial charge in [-0.05, 0) is 55.7 Å². The maximum atomic E-state index is 10.3. The Bertz CT molecular complexity index is 571. The smallest absolute Gasteiger partial charge is 0.0847 e. The summed E-state index contributed by atoms with van der Waals surface area (Å²) in [4.78, 5) is 4.15. The number of aliphatic hydroxyl groups is 1. The lowest BCUT2D eigenvalue weighted by molar-refractivity contribution is 0.0792. The first-order chi connectivity index (χ1) is 8.39. The molecule has 2 aromatic rings. The fourth-order valence-corrected chi connectivity index (χ4v) is 2.05. The molecule has 18 heavy (non-hydrogen) atoms. The molecule has 0 radical (unpaired) electrons. The lowest BCUT2D eigenvalue weighted by Gasteiger charge is -2.23. The quantitative estimate of drug-likeness (QED) is 0.796. The zero-order valence-corrected chi connectivity index (χ0v) is 10.9. The number of anilines is 1. The van der Waals surface area contributed by atoms with Gasteiger partial charge >= 0.3 is 0 Å². The van der Waals surface area contributed by atoms with Crippen LogP contribution in [0.1, 0.15) is 25.0 Å². The van der Waals surface area contributed by atoms with Crippen LogP contribution in [0.4, 0.5) is 5.69 Å². The van der Waals surface area contributed by atoms with Gasteiger partial charge < -0.3 is 10.8 Å². The van der Waals surface area contributed by atoms with Crippen LogP contribution in [0, 0.1) is 6.92 Å². The maximum Gasteiger partial charge on any atom is 0.0847 e. The van der Waals surface area contributed by atoms with Crippen LogP contribution < -0.4 is 5.73 Å². The zero-order valence-electron chi connectivity index (χ0n) is 10.9. The molecule has 0 bridgehead atoms. The highest BCUT2D eigenvalue weighted by molar-refractivity contribution is 5.72. The van der Waals surface area contributed by atoms with Crippen molar-refractivity contribution in [2.75, 3.05) is 5.73 Å². The Kier molecular flexibility index (Phi) is 3.09. The van der Waals surface area contributed by atoms with E-state index in [0.29, 0.717) is 5.69 Å². The molecule has 1 aromatic heterocycles.